The van der Waals surface area contributed by atoms with Crippen molar-refractivity contribution in [1.29, 1.82) is 0 Å². The monoisotopic (exact) mass is 1330 g/mol. The number of carbonyl (C=O) groups excluding carboxylic acids is 10. The fourth-order valence-electron chi connectivity index (χ4n) is 11.9. The zero-order chi connectivity index (χ0) is 69.5. The van der Waals surface area contributed by atoms with Gasteiger partial charge in [-0.1, -0.05) is 80.9 Å². The summed E-state index contributed by atoms with van der Waals surface area (Å²) in [5.74, 6) is -6.07. The number of nitrogens with zero attached hydrogens (tertiary/aromatic N) is 4. The number of nitrogens with one attached hydrogen (secondary N) is 6. The molecule has 2 fully saturated rings. The molecule has 10 atom stereocenters. The van der Waals surface area contributed by atoms with Gasteiger partial charge in [0, 0.05) is 52.9 Å². The number of urea groups is 1. The Balaban J connectivity index is 1.36. The van der Waals surface area contributed by atoms with Crippen LogP contribution in [0.5, 0.6) is 0 Å². The highest BCUT2D eigenvalue weighted by atomic mass is 32.2. The molecule has 0 spiro atoms. The van der Waals surface area contributed by atoms with Crippen molar-refractivity contribution >= 4 is 69.2 Å². The third kappa shape index (κ3) is 23.1. The second-order valence-corrected chi connectivity index (χ2v) is 27.3. The van der Waals surface area contributed by atoms with Crippen LogP contribution in [0.25, 0.3) is 0 Å². The van der Waals surface area contributed by atoms with Crippen LogP contribution in [-0.4, -0.2) is 230 Å². The molecule has 1 aromatic rings. The van der Waals surface area contributed by atoms with Gasteiger partial charge in [-0.3, -0.25) is 53.0 Å². The number of imide groups is 1. The zero-order valence-corrected chi connectivity index (χ0v) is 57.7. The molecule has 2 heterocycles. The van der Waals surface area contributed by atoms with E-state index in [9.17, 15) is 56.4 Å². The van der Waals surface area contributed by atoms with Crippen molar-refractivity contribution in [3.8, 4) is 0 Å². The Morgan fingerprint density at radius 1 is 0.731 bits per heavy atom. The first-order chi connectivity index (χ1) is 43.9. The highest BCUT2D eigenvalue weighted by molar-refractivity contribution is 7.90. The predicted molar refractivity (Wildman–Crippen MR) is 344 cm³/mol. The van der Waals surface area contributed by atoms with E-state index in [0.29, 0.717) is 44.2 Å². The molecule has 1 aromatic carbocycles. The Labute approximate surface area is 549 Å². The molecule has 29 heteroatoms. The Morgan fingerprint density at radius 3 is 1.85 bits per heavy atom. The van der Waals surface area contributed by atoms with E-state index in [0.717, 1.165) is 4.90 Å². The molecule has 1 saturated carbocycles. The van der Waals surface area contributed by atoms with Crippen molar-refractivity contribution in [2.24, 2.45) is 35.3 Å². The average Bonchev–Trinajstić information content (AvgIpc) is 1.63. The van der Waals surface area contributed by atoms with Gasteiger partial charge >= 0.3 is 6.03 Å². The van der Waals surface area contributed by atoms with E-state index in [4.69, 9.17) is 29.4 Å². The fourth-order valence-corrected chi connectivity index (χ4v) is 13.0. The largest absolute Gasteiger partial charge is 0.379 e. The molecule has 4 rings (SSSR count). The van der Waals surface area contributed by atoms with E-state index in [1.165, 1.54) is 57.6 Å². The van der Waals surface area contributed by atoms with Crippen LogP contribution in [0.15, 0.2) is 41.3 Å². The molecule has 93 heavy (non-hydrogen) atoms. The van der Waals surface area contributed by atoms with Crippen LogP contribution < -0.4 is 37.0 Å². The number of amides is 11. The summed E-state index contributed by atoms with van der Waals surface area (Å²) in [6.07, 6.45) is 3.44. The number of primary amides is 1. The number of hydrogen-bond acceptors (Lipinski definition) is 18. The lowest BCUT2D eigenvalue weighted by Crippen LogP contribution is -2.59. The first kappa shape index (κ1) is 78.8. The highest BCUT2D eigenvalue weighted by Gasteiger charge is 2.48. The zero-order valence-electron chi connectivity index (χ0n) is 56.9. The highest BCUT2D eigenvalue weighted by Crippen LogP contribution is 2.46. The molecular weight excluding hydrogens is 1230 g/mol. The predicted octanol–water partition coefficient (Wildman–Crippen LogP) is 1.68. The number of benzene rings is 1. The molecule has 11 amide bonds. The molecule has 524 valence electrons. The average molecular weight is 1330 g/mol. The Morgan fingerprint density at radius 2 is 1.32 bits per heavy atom. The molecule has 8 N–H and O–H groups in total. The first-order valence-corrected chi connectivity index (χ1v) is 33.8. The van der Waals surface area contributed by atoms with Crippen molar-refractivity contribution in [2.75, 3.05) is 94.6 Å². The fraction of sp³-hybridized carbons (Fsp3) is 0.719. The van der Waals surface area contributed by atoms with Gasteiger partial charge in [0.1, 0.15) is 18.1 Å². The minimum absolute atomic E-state index is 0.0195. The summed E-state index contributed by atoms with van der Waals surface area (Å²) in [4.78, 5) is 138. The summed E-state index contributed by atoms with van der Waals surface area (Å²) in [5.41, 5.74) is 4.89. The van der Waals surface area contributed by atoms with E-state index in [1.807, 2.05) is 60.5 Å². The number of likely N-dealkylation sites (tertiary alicyclic amines) is 1. The van der Waals surface area contributed by atoms with Crippen LogP contribution in [0.3, 0.4) is 0 Å². The number of sulfonamides is 1. The number of methoxy groups -OCH3 is 2. The van der Waals surface area contributed by atoms with Gasteiger partial charge in [-0.05, 0) is 94.0 Å². The lowest BCUT2D eigenvalue weighted by atomic mass is 9.89. The van der Waals surface area contributed by atoms with Crippen molar-refractivity contribution in [2.45, 2.75) is 179 Å². The third-order valence-corrected chi connectivity index (χ3v) is 18.8. The summed E-state index contributed by atoms with van der Waals surface area (Å²) >= 11 is 0. The smallest absolute Gasteiger partial charge is 0.312 e. The van der Waals surface area contributed by atoms with Crippen LogP contribution in [-0.2, 0) is 82.4 Å². The second-order valence-electron chi connectivity index (χ2n) is 25.6. The molecule has 1 aliphatic carbocycles. The Bertz CT molecular complexity index is 2810. The van der Waals surface area contributed by atoms with Crippen molar-refractivity contribution in [1.82, 2.24) is 50.9 Å². The molecule has 28 nitrogen and oxygen atoms in total. The maximum atomic E-state index is 14.5. The molecule has 0 aromatic heterocycles. The van der Waals surface area contributed by atoms with Gasteiger partial charge in [0.15, 0.2) is 0 Å². The summed E-state index contributed by atoms with van der Waals surface area (Å²) in [5, 5.41) is 14.0. The molecule has 1 unspecified atom stereocenters. The number of nitrogens with two attached hydrogens (primary N) is 1. The number of likely N-dealkylation sites (N-methyl/N-ethyl adjacent to an activating group) is 2. The molecule has 0 bridgehead atoms. The van der Waals surface area contributed by atoms with Crippen LogP contribution in [0.1, 0.15) is 126 Å². The summed E-state index contributed by atoms with van der Waals surface area (Å²) in [7, 11) is 3.71. The summed E-state index contributed by atoms with van der Waals surface area (Å²) < 4.78 is 58.4. The van der Waals surface area contributed by atoms with Gasteiger partial charge in [0.05, 0.1) is 99.3 Å². The van der Waals surface area contributed by atoms with Crippen LogP contribution in [0.4, 0.5) is 4.79 Å². The Hall–Kier alpha value is -6.63. The van der Waals surface area contributed by atoms with Gasteiger partial charge in [-0.2, -0.15) is 0 Å². The van der Waals surface area contributed by atoms with E-state index >= 15 is 0 Å². The summed E-state index contributed by atoms with van der Waals surface area (Å²) in [6.45, 7) is 18.2. The van der Waals surface area contributed by atoms with Gasteiger partial charge in [0.25, 0.3) is 21.8 Å². The third-order valence-electron chi connectivity index (χ3n) is 17.5. The van der Waals surface area contributed by atoms with Crippen LogP contribution >= 0.6 is 0 Å². The first-order valence-electron chi connectivity index (χ1n) is 32.3. The van der Waals surface area contributed by atoms with Crippen LogP contribution in [0, 0.1) is 29.6 Å². The number of carbonyl (C=O) groups is 10. The topological polar surface area (TPSA) is 362 Å². The van der Waals surface area contributed by atoms with Crippen molar-refractivity contribution in [3.05, 3.63) is 42.0 Å². The van der Waals surface area contributed by atoms with Crippen LogP contribution in [0.2, 0.25) is 0 Å². The maximum absolute atomic E-state index is 14.5. The van der Waals surface area contributed by atoms with Crippen molar-refractivity contribution < 1.29 is 80.0 Å². The second kappa shape index (κ2) is 37.5. The van der Waals surface area contributed by atoms with Gasteiger partial charge in [-0.15, -0.1) is 0 Å². The number of hydrogen-bond donors (Lipinski definition) is 7. The minimum Gasteiger partial charge on any atom is -0.379 e. The van der Waals surface area contributed by atoms with Gasteiger partial charge < -0.3 is 65.8 Å². The van der Waals surface area contributed by atoms with Gasteiger partial charge in [-0.25, -0.2) is 17.9 Å². The molecule has 1 saturated heterocycles. The van der Waals surface area contributed by atoms with E-state index < -0.39 is 106 Å². The standard InChI is InChI=1S/C64H105N11O17S/c1-15-42(8)56(73(12)62(84)54(40(4)5)69-61(83)55(41(6)7)72(10)11)48(88-13)38-52(79)74-30-17-19-47(74)57(89-14)43(9)58(80)71-93(86,87)45-22-20-44(21-23-45)64(27-28-64)70-59(81)46(18-16-29-66-63(65)85)67-60(82)53(39(2)3)68-49(76)26-32-90-34-36-92-37-35-91-33-31-75-50(77)24-25-51(75)78/h20-25,39-43,46-48,53-57H,15-19,26-38H2,1-14H3,(H,67,82)(H,68,76)(H,69,83)(H,70,81)(H,71,80)(H3,65,66,85)/t42-,43+,46?,47-,48+,53-,54-,55-,56-,57+/m0/s1. The lowest BCUT2D eigenvalue weighted by Gasteiger charge is -2.41. The minimum atomic E-state index is -4.48. The van der Waals surface area contributed by atoms with E-state index in [1.54, 1.807) is 30.7 Å². The quantitative estimate of drug-likeness (QED) is 0.0362. The van der Waals surface area contributed by atoms with E-state index in [-0.39, 0.29) is 131 Å². The number of rotatable bonds is 42. The Kier molecular flexibility index (Phi) is 31.7. The lowest BCUT2D eigenvalue weighted by molar-refractivity contribution is -0.148. The van der Waals surface area contributed by atoms with Crippen molar-refractivity contribution in [3.63, 3.8) is 0 Å². The molecule has 0 radical (unpaired) electrons. The van der Waals surface area contributed by atoms with Gasteiger partial charge in [0.2, 0.25) is 41.4 Å². The number of ether oxygens (including phenoxy) is 5. The normalized spacial score (nSPS) is 18.3. The molecule has 2 aliphatic heterocycles. The maximum Gasteiger partial charge on any atom is 0.312 e. The SMILES string of the molecule is CC[C@H](C)[C@@H]([C@@H](CC(=O)N1CCC[C@H]1[C@H](OC)[C@@H](C)C(=O)NS(=O)(=O)c1ccc(C2(NC(=O)C(CCCNC(N)=O)NC(=O)[C@@H](NC(=O)CCOCCOCCOCCN3C(=O)C=CC3=O)C(C)C)CC2)cc1)OC)N(C)C(=O)[C@@H](NC(=O)[C@H](C(C)C)N(C)C)C(C)C. The van der Waals surface area contributed by atoms with E-state index in [2.05, 4.69) is 31.3 Å². The molecular formula is C64H105N11O17S. The summed E-state index contributed by atoms with van der Waals surface area (Å²) in [6, 6.07) is 0.231. The molecule has 3 aliphatic rings.